The largest absolute Gasteiger partial charge is 0.481 e. The summed E-state index contributed by atoms with van der Waals surface area (Å²) < 4.78 is 22.9. The fraction of sp³-hybridized carbons (Fsp3) is 0.176. The first-order valence-electron chi connectivity index (χ1n) is 7.25. The van der Waals surface area contributed by atoms with E-state index in [1.165, 1.54) is 24.3 Å². The first-order valence-corrected chi connectivity index (χ1v) is 9.52. The minimum Gasteiger partial charge on any atom is -0.481 e. The lowest BCUT2D eigenvalue weighted by molar-refractivity contribution is -0.137. The van der Waals surface area contributed by atoms with Crippen LogP contribution < -0.4 is 5.32 Å². The molecule has 0 aromatic heterocycles. The molecule has 8 heteroatoms. The number of carbonyl (C=O) groups is 2. The van der Waals surface area contributed by atoms with Gasteiger partial charge in [-0.3, -0.25) is 9.59 Å². The molecule has 132 valence electrons. The van der Waals surface area contributed by atoms with E-state index >= 15 is 0 Å². The molecule has 6 nitrogen and oxygen atoms in total. The summed E-state index contributed by atoms with van der Waals surface area (Å²) in [6.45, 7) is 0. The van der Waals surface area contributed by atoms with E-state index in [-0.39, 0.29) is 16.9 Å². The van der Waals surface area contributed by atoms with Crippen molar-refractivity contribution in [2.75, 3.05) is 6.26 Å². The van der Waals surface area contributed by atoms with Crippen LogP contribution in [-0.2, 0) is 14.6 Å². The highest BCUT2D eigenvalue weighted by atomic mass is 35.5. The Morgan fingerprint density at radius 2 is 1.72 bits per heavy atom. The molecule has 0 saturated heterocycles. The van der Waals surface area contributed by atoms with Gasteiger partial charge in [-0.05, 0) is 35.9 Å². The van der Waals surface area contributed by atoms with Gasteiger partial charge in [0.15, 0.2) is 9.84 Å². The average Bonchev–Trinajstić information content (AvgIpc) is 2.53. The lowest BCUT2D eigenvalue weighted by Gasteiger charge is -2.18. The van der Waals surface area contributed by atoms with Crippen LogP contribution in [0.1, 0.15) is 28.4 Å². The van der Waals surface area contributed by atoms with E-state index in [1.807, 2.05) is 0 Å². The molecule has 0 bridgehead atoms. The Bertz CT molecular complexity index is 894. The number of benzene rings is 2. The van der Waals surface area contributed by atoms with Crippen LogP contribution >= 0.6 is 11.6 Å². The molecule has 0 radical (unpaired) electrons. The fourth-order valence-corrected chi connectivity index (χ4v) is 3.16. The molecule has 1 amide bonds. The van der Waals surface area contributed by atoms with Crippen molar-refractivity contribution in [3.8, 4) is 0 Å². The third-order valence-corrected chi connectivity index (χ3v) is 4.98. The van der Waals surface area contributed by atoms with Crippen LogP contribution in [0, 0.1) is 0 Å². The maximum atomic E-state index is 12.4. The zero-order valence-corrected chi connectivity index (χ0v) is 14.8. The maximum absolute atomic E-state index is 12.4. The Morgan fingerprint density at radius 1 is 1.12 bits per heavy atom. The number of rotatable bonds is 6. The van der Waals surface area contributed by atoms with Crippen LogP contribution in [0.5, 0.6) is 0 Å². The van der Waals surface area contributed by atoms with E-state index in [2.05, 4.69) is 5.32 Å². The number of carbonyl (C=O) groups excluding carboxylic acids is 1. The second kappa shape index (κ2) is 7.67. The molecule has 2 rings (SSSR count). The van der Waals surface area contributed by atoms with Gasteiger partial charge in [0.2, 0.25) is 0 Å². The molecule has 0 aliphatic heterocycles. The third kappa shape index (κ3) is 5.04. The number of sulfone groups is 1. The van der Waals surface area contributed by atoms with Crippen LogP contribution in [0.25, 0.3) is 0 Å². The summed E-state index contributed by atoms with van der Waals surface area (Å²) >= 11 is 6.09. The van der Waals surface area contributed by atoms with E-state index in [1.54, 1.807) is 24.3 Å². The van der Waals surface area contributed by atoms with Crippen molar-refractivity contribution in [2.45, 2.75) is 17.4 Å². The SMILES string of the molecule is CS(=O)(=O)c1ccc(C(=O)N[C@H](CC(=O)O)c2ccccc2Cl)cc1. The Hall–Kier alpha value is -2.38. The zero-order valence-electron chi connectivity index (χ0n) is 13.3. The van der Waals surface area contributed by atoms with E-state index in [4.69, 9.17) is 16.7 Å². The normalized spacial score (nSPS) is 12.4. The van der Waals surface area contributed by atoms with Gasteiger partial charge in [-0.2, -0.15) is 0 Å². The predicted octanol–water partition coefficient (Wildman–Crippen LogP) is 2.69. The lowest BCUT2D eigenvalue weighted by atomic mass is 10.0. The van der Waals surface area contributed by atoms with Crippen LogP contribution in [0.3, 0.4) is 0 Å². The van der Waals surface area contributed by atoms with Crippen molar-refractivity contribution in [1.82, 2.24) is 5.32 Å². The topological polar surface area (TPSA) is 101 Å². The Balaban J connectivity index is 2.25. The smallest absolute Gasteiger partial charge is 0.305 e. The number of aliphatic carboxylic acids is 1. The molecule has 25 heavy (non-hydrogen) atoms. The minimum absolute atomic E-state index is 0.0947. The van der Waals surface area contributed by atoms with E-state index in [0.29, 0.717) is 10.6 Å². The van der Waals surface area contributed by atoms with Crippen molar-refractivity contribution in [3.05, 3.63) is 64.7 Å². The standard InChI is InChI=1S/C17H16ClNO5S/c1-25(23,24)12-8-6-11(7-9-12)17(22)19-15(10-16(20)21)13-4-2-3-5-14(13)18/h2-9,15H,10H2,1H3,(H,19,22)(H,20,21)/t15-/m1/s1. The molecule has 0 heterocycles. The van der Waals surface area contributed by atoms with E-state index in [0.717, 1.165) is 6.26 Å². The highest BCUT2D eigenvalue weighted by Gasteiger charge is 2.21. The van der Waals surface area contributed by atoms with Gasteiger partial charge in [-0.25, -0.2) is 8.42 Å². The molecule has 0 saturated carbocycles. The average molecular weight is 382 g/mol. The highest BCUT2D eigenvalue weighted by Crippen LogP contribution is 2.25. The van der Waals surface area contributed by atoms with Gasteiger partial charge in [0.1, 0.15) is 0 Å². The van der Waals surface area contributed by atoms with Gasteiger partial charge in [-0.1, -0.05) is 29.8 Å². The van der Waals surface area contributed by atoms with Crippen LogP contribution in [0.15, 0.2) is 53.4 Å². The van der Waals surface area contributed by atoms with Gasteiger partial charge in [0, 0.05) is 16.8 Å². The number of halogens is 1. The van der Waals surface area contributed by atoms with Crippen LogP contribution in [0.4, 0.5) is 0 Å². The molecule has 2 N–H and O–H groups in total. The number of carboxylic acids is 1. The van der Waals surface area contributed by atoms with Crippen molar-refractivity contribution < 1.29 is 23.1 Å². The molecule has 1 atom stereocenters. The number of hydrogen-bond acceptors (Lipinski definition) is 4. The second-order valence-corrected chi connectivity index (χ2v) is 7.86. The first kappa shape index (κ1) is 19.0. The number of nitrogens with one attached hydrogen (secondary N) is 1. The molecule has 0 fully saturated rings. The summed E-state index contributed by atoms with van der Waals surface area (Å²) in [5.74, 6) is -1.61. The highest BCUT2D eigenvalue weighted by molar-refractivity contribution is 7.90. The number of hydrogen-bond donors (Lipinski definition) is 2. The van der Waals surface area contributed by atoms with E-state index in [9.17, 15) is 18.0 Å². The summed E-state index contributed by atoms with van der Waals surface area (Å²) in [4.78, 5) is 23.6. The maximum Gasteiger partial charge on any atom is 0.305 e. The summed E-state index contributed by atoms with van der Waals surface area (Å²) in [5.41, 5.74) is 0.711. The molecule has 0 aliphatic carbocycles. The third-order valence-electron chi connectivity index (χ3n) is 3.51. The summed E-state index contributed by atoms with van der Waals surface area (Å²) in [6, 6.07) is 11.2. The Morgan fingerprint density at radius 3 is 2.24 bits per heavy atom. The molecule has 0 aliphatic rings. The second-order valence-electron chi connectivity index (χ2n) is 5.44. The summed E-state index contributed by atoms with van der Waals surface area (Å²) in [5, 5.41) is 12.1. The Labute approximate surface area is 150 Å². The number of amides is 1. The quantitative estimate of drug-likeness (QED) is 0.801. The molecule has 2 aromatic rings. The zero-order chi connectivity index (χ0) is 18.6. The predicted molar refractivity (Wildman–Crippen MR) is 93.5 cm³/mol. The summed E-state index contributed by atoms with van der Waals surface area (Å²) in [7, 11) is -3.36. The molecular formula is C17H16ClNO5S. The fourth-order valence-electron chi connectivity index (χ4n) is 2.27. The summed E-state index contributed by atoms with van der Waals surface area (Å²) in [6.07, 6.45) is 0.735. The van der Waals surface area contributed by atoms with Gasteiger partial charge < -0.3 is 10.4 Å². The van der Waals surface area contributed by atoms with Crippen molar-refractivity contribution in [1.29, 1.82) is 0 Å². The monoisotopic (exact) mass is 381 g/mol. The Kier molecular flexibility index (Phi) is 5.81. The van der Waals surface area contributed by atoms with Gasteiger partial charge in [-0.15, -0.1) is 0 Å². The van der Waals surface area contributed by atoms with Crippen LogP contribution in [-0.4, -0.2) is 31.7 Å². The molecular weight excluding hydrogens is 366 g/mol. The molecule has 0 spiro atoms. The number of carboxylic acid groups (broad SMARTS) is 1. The molecule has 2 aromatic carbocycles. The van der Waals surface area contributed by atoms with Gasteiger partial charge in [0.25, 0.3) is 5.91 Å². The van der Waals surface area contributed by atoms with Crippen molar-refractivity contribution >= 4 is 33.3 Å². The first-order chi connectivity index (χ1) is 11.7. The van der Waals surface area contributed by atoms with E-state index < -0.39 is 27.8 Å². The lowest BCUT2D eigenvalue weighted by Crippen LogP contribution is -2.30. The molecule has 0 unspecified atom stereocenters. The van der Waals surface area contributed by atoms with Gasteiger partial charge in [0.05, 0.1) is 17.4 Å². The van der Waals surface area contributed by atoms with Crippen molar-refractivity contribution in [3.63, 3.8) is 0 Å². The minimum atomic E-state index is -3.36. The van der Waals surface area contributed by atoms with Crippen molar-refractivity contribution in [2.24, 2.45) is 0 Å². The van der Waals surface area contributed by atoms with Gasteiger partial charge >= 0.3 is 5.97 Å². The van der Waals surface area contributed by atoms with Crippen LogP contribution in [0.2, 0.25) is 5.02 Å².